The summed E-state index contributed by atoms with van der Waals surface area (Å²) in [6.45, 7) is 3.38. The fourth-order valence-corrected chi connectivity index (χ4v) is 1.08. The summed E-state index contributed by atoms with van der Waals surface area (Å²) < 4.78 is 9.41. The number of hydrogen-bond acceptors (Lipinski definition) is 6. The molecule has 0 rings (SSSR count). The van der Waals surface area contributed by atoms with Crippen LogP contribution in [0.4, 0.5) is 0 Å². The van der Waals surface area contributed by atoms with Gasteiger partial charge in [0.05, 0.1) is 26.2 Å². The van der Waals surface area contributed by atoms with Crippen molar-refractivity contribution in [3.63, 3.8) is 0 Å². The highest BCUT2D eigenvalue weighted by Gasteiger charge is 2.25. The fourth-order valence-electron chi connectivity index (χ4n) is 1.08. The van der Waals surface area contributed by atoms with E-state index in [0.29, 0.717) is 0 Å². The topological polar surface area (TPSA) is 108 Å². The molecule has 0 aliphatic heterocycles. The smallest absolute Gasteiger partial charge is 0.329 e. The molecule has 0 spiro atoms. The number of amides is 1. The molecule has 3 N–H and O–H groups in total. The van der Waals surface area contributed by atoms with E-state index in [1.54, 1.807) is 13.8 Å². The van der Waals surface area contributed by atoms with Crippen LogP contribution in [-0.2, 0) is 23.9 Å². The van der Waals surface area contributed by atoms with Crippen LogP contribution in [0.15, 0.2) is 0 Å². The number of rotatable bonds is 7. The van der Waals surface area contributed by atoms with Crippen molar-refractivity contribution in [1.82, 2.24) is 5.32 Å². The predicted octanol–water partition coefficient (Wildman–Crippen LogP) is -1.05. The molecule has 1 amide bonds. The van der Waals surface area contributed by atoms with Gasteiger partial charge in [-0.05, 0) is 13.8 Å². The molecular weight excluding hydrogens is 228 g/mol. The molecule has 7 heteroatoms. The third kappa shape index (κ3) is 6.52. The van der Waals surface area contributed by atoms with Crippen LogP contribution in [0.3, 0.4) is 0 Å². The van der Waals surface area contributed by atoms with Gasteiger partial charge in [0.1, 0.15) is 6.04 Å². The fraction of sp³-hybridized carbons (Fsp3) is 0.700. The van der Waals surface area contributed by atoms with Gasteiger partial charge in [0.15, 0.2) is 0 Å². The van der Waals surface area contributed by atoms with Gasteiger partial charge in [0, 0.05) is 0 Å². The number of ether oxygens (including phenoxy) is 2. The zero-order valence-corrected chi connectivity index (χ0v) is 10.0. The molecule has 0 saturated heterocycles. The van der Waals surface area contributed by atoms with Crippen LogP contribution in [0.25, 0.3) is 0 Å². The second kappa shape index (κ2) is 8.51. The molecule has 0 radical (unpaired) electrons. The Labute approximate surface area is 99.6 Å². The molecular formula is C10H18N2O5. The lowest BCUT2D eigenvalue weighted by atomic mass is 10.2. The van der Waals surface area contributed by atoms with Gasteiger partial charge < -0.3 is 20.5 Å². The third-order valence-corrected chi connectivity index (χ3v) is 1.77. The Hall–Kier alpha value is -1.63. The highest BCUT2D eigenvalue weighted by molar-refractivity contribution is 5.88. The standard InChI is InChI=1S/C10H18N2O5/c1-3-16-9(14)5-7(10(15)17-4-2)12-8(13)6-11/h7H,3-6,11H2,1-2H3,(H,12,13)/t7-/m0/s1. The van der Waals surface area contributed by atoms with Crippen LogP contribution in [0.2, 0.25) is 0 Å². The van der Waals surface area contributed by atoms with Gasteiger partial charge in [-0.1, -0.05) is 0 Å². The van der Waals surface area contributed by atoms with Crippen molar-refractivity contribution in [3.8, 4) is 0 Å². The predicted molar refractivity (Wildman–Crippen MR) is 58.9 cm³/mol. The molecule has 0 aliphatic rings. The normalized spacial score (nSPS) is 11.5. The first-order valence-electron chi connectivity index (χ1n) is 5.36. The molecule has 98 valence electrons. The molecule has 7 nitrogen and oxygen atoms in total. The summed E-state index contributed by atoms with van der Waals surface area (Å²) in [7, 11) is 0. The summed E-state index contributed by atoms with van der Waals surface area (Å²) in [4.78, 5) is 33.7. The number of nitrogens with two attached hydrogens (primary N) is 1. The average molecular weight is 246 g/mol. The van der Waals surface area contributed by atoms with Crippen LogP contribution in [0.5, 0.6) is 0 Å². The summed E-state index contributed by atoms with van der Waals surface area (Å²) in [5.74, 6) is -1.79. The van der Waals surface area contributed by atoms with Gasteiger partial charge in [0.2, 0.25) is 5.91 Å². The second-order valence-corrected chi connectivity index (χ2v) is 3.09. The lowest BCUT2D eigenvalue weighted by molar-refractivity contribution is -0.153. The van der Waals surface area contributed by atoms with E-state index in [-0.39, 0.29) is 26.2 Å². The molecule has 1 atom stereocenters. The van der Waals surface area contributed by atoms with Crippen LogP contribution < -0.4 is 11.1 Å². The van der Waals surface area contributed by atoms with E-state index >= 15 is 0 Å². The molecule has 0 heterocycles. The van der Waals surface area contributed by atoms with E-state index in [0.717, 1.165) is 0 Å². The van der Waals surface area contributed by atoms with Crippen molar-refractivity contribution < 1.29 is 23.9 Å². The molecule has 0 bridgehead atoms. The lowest BCUT2D eigenvalue weighted by Crippen LogP contribution is -2.45. The minimum absolute atomic E-state index is 0.163. The highest BCUT2D eigenvalue weighted by Crippen LogP contribution is 1.99. The Kier molecular flexibility index (Phi) is 7.70. The van der Waals surface area contributed by atoms with Crippen LogP contribution in [-0.4, -0.2) is 43.6 Å². The monoisotopic (exact) mass is 246 g/mol. The van der Waals surface area contributed by atoms with Gasteiger partial charge in [-0.2, -0.15) is 0 Å². The van der Waals surface area contributed by atoms with E-state index in [2.05, 4.69) is 10.1 Å². The summed E-state index contributed by atoms with van der Waals surface area (Å²) in [6.07, 6.45) is -0.265. The molecule has 17 heavy (non-hydrogen) atoms. The summed E-state index contributed by atoms with van der Waals surface area (Å²) in [5, 5.41) is 2.30. The van der Waals surface area contributed by atoms with E-state index in [4.69, 9.17) is 10.5 Å². The number of carbonyl (C=O) groups excluding carboxylic acids is 3. The van der Waals surface area contributed by atoms with Gasteiger partial charge >= 0.3 is 11.9 Å². The molecule has 0 unspecified atom stereocenters. The van der Waals surface area contributed by atoms with Crippen molar-refractivity contribution in [1.29, 1.82) is 0 Å². The largest absolute Gasteiger partial charge is 0.466 e. The zero-order chi connectivity index (χ0) is 13.3. The maximum absolute atomic E-state index is 11.4. The Morgan fingerprint density at radius 3 is 2.24 bits per heavy atom. The van der Waals surface area contributed by atoms with E-state index in [1.165, 1.54) is 0 Å². The zero-order valence-electron chi connectivity index (χ0n) is 10.0. The van der Waals surface area contributed by atoms with Gasteiger partial charge in [-0.15, -0.1) is 0 Å². The van der Waals surface area contributed by atoms with Crippen molar-refractivity contribution >= 4 is 17.8 Å². The molecule has 0 aromatic heterocycles. The van der Waals surface area contributed by atoms with Crippen LogP contribution in [0, 0.1) is 0 Å². The second-order valence-electron chi connectivity index (χ2n) is 3.09. The van der Waals surface area contributed by atoms with Crippen LogP contribution >= 0.6 is 0 Å². The van der Waals surface area contributed by atoms with E-state index in [1.807, 2.05) is 0 Å². The first kappa shape index (κ1) is 15.4. The Morgan fingerprint density at radius 2 is 1.76 bits per heavy atom. The summed E-state index contributed by atoms with van der Waals surface area (Å²) >= 11 is 0. The lowest BCUT2D eigenvalue weighted by Gasteiger charge is -2.15. The Morgan fingerprint density at radius 1 is 1.18 bits per heavy atom. The van der Waals surface area contributed by atoms with Gasteiger partial charge in [-0.3, -0.25) is 9.59 Å². The maximum atomic E-state index is 11.4. The van der Waals surface area contributed by atoms with Gasteiger partial charge in [0.25, 0.3) is 0 Å². The average Bonchev–Trinajstić information content (AvgIpc) is 2.28. The molecule has 0 saturated carbocycles. The first-order chi connectivity index (χ1) is 8.04. The van der Waals surface area contributed by atoms with Crippen molar-refractivity contribution in [3.05, 3.63) is 0 Å². The number of hydrogen-bond donors (Lipinski definition) is 2. The number of carbonyl (C=O) groups is 3. The highest BCUT2D eigenvalue weighted by atomic mass is 16.5. The minimum Gasteiger partial charge on any atom is -0.466 e. The molecule has 0 fully saturated rings. The van der Waals surface area contributed by atoms with Crippen molar-refractivity contribution in [2.24, 2.45) is 5.73 Å². The van der Waals surface area contributed by atoms with E-state index < -0.39 is 23.9 Å². The summed E-state index contributed by atoms with van der Waals surface area (Å²) in [5.41, 5.74) is 5.10. The number of nitrogens with one attached hydrogen (secondary N) is 1. The molecule has 0 aromatic rings. The SMILES string of the molecule is CCOC(=O)C[C@H](NC(=O)CN)C(=O)OCC. The molecule has 0 aliphatic carbocycles. The summed E-state index contributed by atoms with van der Waals surface area (Å²) in [6, 6.07) is -1.05. The minimum atomic E-state index is -1.05. The quantitative estimate of drug-likeness (QED) is 0.555. The van der Waals surface area contributed by atoms with Crippen molar-refractivity contribution in [2.75, 3.05) is 19.8 Å². The Balaban J connectivity index is 4.44. The number of esters is 2. The first-order valence-corrected chi connectivity index (χ1v) is 5.36. The van der Waals surface area contributed by atoms with E-state index in [9.17, 15) is 14.4 Å². The Bertz CT molecular complexity index is 280. The maximum Gasteiger partial charge on any atom is 0.329 e. The van der Waals surface area contributed by atoms with Crippen LogP contribution in [0.1, 0.15) is 20.3 Å². The molecule has 0 aromatic carbocycles. The van der Waals surface area contributed by atoms with Crippen molar-refractivity contribution in [2.45, 2.75) is 26.3 Å². The van der Waals surface area contributed by atoms with Gasteiger partial charge in [-0.25, -0.2) is 4.79 Å². The third-order valence-electron chi connectivity index (χ3n) is 1.77.